The molecule has 0 radical (unpaired) electrons. The summed E-state index contributed by atoms with van der Waals surface area (Å²) in [6, 6.07) is 25.4. The molecule has 0 aliphatic carbocycles. The van der Waals surface area contributed by atoms with Crippen LogP contribution in [0.5, 0.6) is 11.5 Å². The smallest absolute Gasteiger partial charge is 0.238 e. The van der Waals surface area contributed by atoms with Crippen molar-refractivity contribution in [2.24, 2.45) is 5.73 Å². The van der Waals surface area contributed by atoms with Gasteiger partial charge >= 0.3 is 0 Å². The predicted octanol–water partition coefficient (Wildman–Crippen LogP) is 0.433. The monoisotopic (exact) mass is 820 g/mol. The second-order valence-corrected chi connectivity index (χ2v) is 14.8. The molecule has 2 heterocycles. The van der Waals surface area contributed by atoms with Crippen LogP contribution in [-0.2, 0) is 41.6 Å². The lowest BCUT2D eigenvalue weighted by atomic mass is 9.93. The Bertz CT molecular complexity index is 1970. The molecule has 6 rings (SSSR count). The van der Waals surface area contributed by atoms with Gasteiger partial charge in [-0.15, -0.1) is 0 Å². The van der Waals surface area contributed by atoms with Crippen molar-refractivity contribution in [1.29, 1.82) is 0 Å². The lowest BCUT2D eigenvalue weighted by molar-refractivity contribution is -0.353. The van der Waals surface area contributed by atoms with Gasteiger partial charge < -0.3 is 74.9 Å². The summed E-state index contributed by atoms with van der Waals surface area (Å²) >= 11 is 0. The van der Waals surface area contributed by atoms with Gasteiger partial charge in [0.25, 0.3) is 0 Å². The van der Waals surface area contributed by atoms with Crippen molar-refractivity contribution in [3.63, 3.8) is 0 Å². The lowest BCUT2D eigenvalue weighted by Gasteiger charge is -2.46. The first-order valence-corrected chi connectivity index (χ1v) is 19.3. The molecule has 4 aromatic carbocycles. The van der Waals surface area contributed by atoms with Gasteiger partial charge in [-0.05, 0) is 64.2 Å². The number of hydrogen-bond donors (Lipinski definition) is 8. The summed E-state index contributed by atoms with van der Waals surface area (Å²) in [6.07, 6.45) is -14.8. The third-order valence-electron chi connectivity index (χ3n) is 10.7. The van der Waals surface area contributed by atoms with Crippen LogP contribution in [0, 0.1) is 0 Å². The predicted molar refractivity (Wildman–Crippen MR) is 211 cm³/mol. The Kier molecular flexibility index (Phi) is 15.0. The fraction of sp³-hybridized carbons (Fsp3) is 0.442. The maximum atomic E-state index is 12.9. The van der Waals surface area contributed by atoms with E-state index >= 15 is 0 Å². The van der Waals surface area contributed by atoms with Crippen molar-refractivity contribution in [2.45, 2.75) is 99.4 Å². The van der Waals surface area contributed by atoms with Gasteiger partial charge in [0, 0.05) is 5.92 Å². The fourth-order valence-electron chi connectivity index (χ4n) is 7.12. The molecule has 9 N–H and O–H groups in total. The molecule has 4 aromatic rings. The minimum atomic E-state index is -1.78. The van der Waals surface area contributed by atoms with Crippen LogP contribution in [-0.4, -0.2) is 137 Å². The highest BCUT2D eigenvalue weighted by molar-refractivity contribution is 5.85. The number of rotatable bonds is 17. The molecule has 13 atom stereocenters. The molecule has 0 aromatic heterocycles. The number of nitrogens with two attached hydrogens (primary N) is 1. The number of aldehydes is 1. The summed E-state index contributed by atoms with van der Waals surface area (Å²) in [6.45, 7) is 1.06. The first-order chi connectivity index (χ1) is 28.4. The summed E-state index contributed by atoms with van der Waals surface area (Å²) < 4.78 is 34.3. The summed E-state index contributed by atoms with van der Waals surface area (Å²) in [5.74, 6) is 0.187. The number of nitrogens with one attached hydrogen (secondary N) is 1. The number of aliphatic hydroxyl groups excluding tert-OH is 6. The lowest BCUT2D eigenvalue weighted by Crippen LogP contribution is -2.65. The highest BCUT2D eigenvalue weighted by Gasteiger charge is 2.51. The Morgan fingerprint density at radius 3 is 2.14 bits per heavy atom. The highest BCUT2D eigenvalue weighted by Crippen LogP contribution is 2.31. The number of ether oxygens (including phenoxy) is 6. The zero-order valence-electron chi connectivity index (χ0n) is 32.6. The average molecular weight is 821 g/mol. The Labute approximate surface area is 341 Å². The molecule has 1 amide bonds. The van der Waals surface area contributed by atoms with Crippen LogP contribution in [0.1, 0.15) is 29.5 Å². The molecule has 2 saturated heterocycles. The van der Waals surface area contributed by atoms with Gasteiger partial charge in [0.05, 0.1) is 39.0 Å². The summed E-state index contributed by atoms with van der Waals surface area (Å²) in [5.41, 5.74) is 8.60. The number of carbonyl (C=O) groups is 2. The van der Waals surface area contributed by atoms with Gasteiger partial charge in [0.15, 0.2) is 6.29 Å². The van der Waals surface area contributed by atoms with Crippen molar-refractivity contribution in [2.75, 3.05) is 20.3 Å². The van der Waals surface area contributed by atoms with Crippen molar-refractivity contribution in [3.05, 3.63) is 108 Å². The number of carbonyl (C=O) groups excluding carboxylic acids is 2. The maximum absolute atomic E-state index is 12.9. The van der Waals surface area contributed by atoms with Gasteiger partial charge in [-0.1, -0.05) is 67.6 Å². The molecule has 59 heavy (non-hydrogen) atoms. The number of hydrogen-bond acceptors (Lipinski definition) is 15. The van der Waals surface area contributed by atoms with Crippen LogP contribution in [0.2, 0.25) is 0 Å². The number of methoxy groups -OCH3 is 1. The standard InChI is InChI=1S/C43H52N2O14/c1-23(26-6-4-3-5-7-26)34(44)41(53)45-29(19-46)17-24-9-13-30(14-10-24)56-42-39(52)37(50)40(32(20-47)57-42)59-43-38(51)36(49)35(48)33(58-43)22-55-21-25-8-11-28-18-31(54-2)15-12-27(28)16-25/h3-16,18-19,23,29,32-40,42-43,47-52H,17,20-22,44H2,1-2H3,(H,45,53). The van der Waals surface area contributed by atoms with E-state index < -0.39 is 86.0 Å². The second kappa shape index (κ2) is 20.1. The minimum absolute atomic E-state index is 0.137. The van der Waals surface area contributed by atoms with Gasteiger partial charge in [0.1, 0.15) is 66.6 Å². The summed E-state index contributed by atoms with van der Waals surface area (Å²) in [7, 11) is 1.59. The molecule has 0 spiro atoms. The van der Waals surface area contributed by atoms with Crippen LogP contribution in [0.4, 0.5) is 0 Å². The molecule has 2 fully saturated rings. The van der Waals surface area contributed by atoms with Gasteiger partial charge in [-0.2, -0.15) is 0 Å². The molecule has 0 bridgehead atoms. The van der Waals surface area contributed by atoms with E-state index in [1.54, 1.807) is 31.4 Å². The number of amides is 1. The molecular weight excluding hydrogens is 768 g/mol. The SMILES string of the molecule is COc1ccc2cc(COCC3OC(OC4C(CO)OC(Oc5ccc(CC(C=O)NC(=O)C(N)C(C)c6ccccc6)cc5)C(O)C4O)C(O)C(O)C3O)ccc2c1. The second-order valence-electron chi connectivity index (χ2n) is 14.8. The average Bonchev–Trinajstić information content (AvgIpc) is 3.26. The molecule has 16 nitrogen and oxygen atoms in total. The molecule has 0 saturated carbocycles. The molecule has 2 aliphatic heterocycles. The normalized spacial score (nSPS) is 28.6. The molecule has 13 unspecified atom stereocenters. The number of benzene rings is 4. The number of fused-ring (bicyclic) bond motifs is 1. The van der Waals surface area contributed by atoms with Crippen LogP contribution in [0.3, 0.4) is 0 Å². The minimum Gasteiger partial charge on any atom is -0.497 e. The molecule has 16 heteroatoms. The topological polar surface area (TPSA) is 249 Å². The van der Waals surface area contributed by atoms with E-state index in [-0.39, 0.29) is 31.3 Å². The quantitative estimate of drug-likeness (QED) is 0.0674. The van der Waals surface area contributed by atoms with E-state index in [0.717, 1.165) is 27.6 Å². The number of aliphatic hydroxyl groups is 6. The highest BCUT2D eigenvalue weighted by atomic mass is 16.7. The van der Waals surface area contributed by atoms with E-state index in [4.69, 9.17) is 34.2 Å². The van der Waals surface area contributed by atoms with Crippen molar-refractivity contribution in [1.82, 2.24) is 5.32 Å². The Hall–Kier alpha value is -4.56. The Balaban J connectivity index is 1.01. The molecular formula is C43H52N2O14. The Morgan fingerprint density at radius 1 is 0.797 bits per heavy atom. The van der Waals surface area contributed by atoms with Crippen molar-refractivity contribution >= 4 is 23.0 Å². The van der Waals surface area contributed by atoms with Crippen LogP contribution in [0.25, 0.3) is 10.8 Å². The van der Waals surface area contributed by atoms with E-state index in [2.05, 4.69) is 5.32 Å². The summed E-state index contributed by atoms with van der Waals surface area (Å²) in [5, 5.41) is 69.1. The molecule has 2 aliphatic rings. The van der Waals surface area contributed by atoms with Gasteiger partial charge in [-0.25, -0.2) is 0 Å². The van der Waals surface area contributed by atoms with E-state index in [1.165, 1.54) is 0 Å². The van der Waals surface area contributed by atoms with E-state index in [0.29, 0.717) is 11.8 Å². The van der Waals surface area contributed by atoms with Crippen LogP contribution >= 0.6 is 0 Å². The van der Waals surface area contributed by atoms with Crippen molar-refractivity contribution in [3.8, 4) is 11.5 Å². The zero-order chi connectivity index (χ0) is 42.2. The van der Waals surface area contributed by atoms with Crippen molar-refractivity contribution < 1.29 is 68.6 Å². The first kappa shape index (κ1) is 44.0. The van der Waals surface area contributed by atoms with Gasteiger partial charge in [0.2, 0.25) is 12.2 Å². The maximum Gasteiger partial charge on any atom is 0.238 e. The molecule has 318 valence electrons. The summed E-state index contributed by atoms with van der Waals surface area (Å²) in [4.78, 5) is 24.8. The zero-order valence-corrected chi connectivity index (χ0v) is 32.6. The first-order valence-electron chi connectivity index (χ1n) is 19.3. The Morgan fingerprint density at radius 2 is 1.44 bits per heavy atom. The third-order valence-corrected chi connectivity index (χ3v) is 10.7. The van der Waals surface area contributed by atoms with Crippen LogP contribution in [0.15, 0.2) is 91.0 Å². The fourth-order valence-corrected chi connectivity index (χ4v) is 7.12. The third kappa shape index (κ3) is 10.6. The van der Waals surface area contributed by atoms with Crippen LogP contribution < -0.4 is 20.5 Å². The van der Waals surface area contributed by atoms with E-state index in [9.17, 15) is 40.2 Å². The van der Waals surface area contributed by atoms with Gasteiger partial charge in [-0.3, -0.25) is 4.79 Å². The van der Waals surface area contributed by atoms with E-state index in [1.807, 2.05) is 73.7 Å². The largest absolute Gasteiger partial charge is 0.497 e.